The second-order valence-electron chi connectivity index (χ2n) is 6.65. The fourth-order valence-electron chi connectivity index (χ4n) is 3.95. The molecule has 1 N–H and O–H groups in total. The summed E-state index contributed by atoms with van der Waals surface area (Å²) >= 11 is 0. The van der Waals surface area contributed by atoms with Crippen LogP contribution in [-0.2, 0) is 11.3 Å². The summed E-state index contributed by atoms with van der Waals surface area (Å²) in [4.78, 5) is 18.6. The highest BCUT2D eigenvalue weighted by molar-refractivity contribution is 5.72. The molecule has 2 aliphatic rings. The maximum Gasteiger partial charge on any atom is 0.217 e. The normalized spacial score (nSPS) is 23.6. The lowest BCUT2D eigenvalue weighted by molar-refractivity contribution is -0.119. The Hall–Kier alpha value is -1.42. The van der Waals surface area contributed by atoms with Crippen molar-refractivity contribution in [2.45, 2.75) is 70.5 Å². The van der Waals surface area contributed by atoms with Gasteiger partial charge in [0.05, 0.1) is 24.0 Å². The van der Waals surface area contributed by atoms with Crippen molar-refractivity contribution in [1.29, 1.82) is 0 Å². The molecule has 3 rings (SSSR count). The maximum atomic E-state index is 11.1. The number of carbonyl (C=O) groups is 1. The van der Waals surface area contributed by atoms with Gasteiger partial charge in [-0.25, -0.2) is 0 Å². The van der Waals surface area contributed by atoms with Crippen molar-refractivity contribution in [3.8, 4) is 0 Å². The Morgan fingerprint density at radius 1 is 1.23 bits per heavy atom. The molecule has 1 aliphatic carbocycles. The Kier molecular flexibility index (Phi) is 5.08. The highest BCUT2D eigenvalue weighted by Crippen LogP contribution is 2.36. The minimum absolute atomic E-state index is 0.00287. The molecule has 4 heteroatoms. The summed E-state index contributed by atoms with van der Waals surface area (Å²) in [6.07, 6.45) is 9.35. The number of nitrogens with zero attached hydrogens (tertiary/aromatic N) is 2. The minimum Gasteiger partial charge on any atom is -0.351 e. The van der Waals surface area contributed by atoms with Crippen molar-refractivity contribution in [1.82, 2.24) is 15.2 Å². The molecule has 0 bridgehead atoms. The van der Waals surface area contributed by atoms with Crippen molar-refractivity contribution < 1.29 is 4.79 Å². The summed E-state index contributed by atoms with van der Waals surface area (Å²) < 4.78 is 0. The van der Waals surface area contributed by atoms with Gasteiger partial charge >= 0.3 is 0 Å². The second-order valence-corrected chi connectivity index (χ2v) is 6.65. The van der Waals surface area contributed by atoms with Gasteiger partial charge in [0.25, 0.3) is 0 Å². The van der Waals surface area contributed by atoms with Gasteiger partial charge in [-0.3, -0.25) is 14.7 Å². The molecular weight excluding hydrogens is 274 g/mol. The molecule has 0 spiro atoms. The van der Waals surface area contributed by atoms with Gasteiger partial charge in [0, 0.05) is 13.0 Å². The van der Waals surface area contributed by atoms with Crippen molar-refractivity contribution >= 4 is 5.91 Å². The fourth-order valence-corrected chi connectivity index (χ4v) is 3.95. The van der Waals surface area contributed by atoms with E-state index in [9.17, 15) is 4.79 Å². The van der Waals surface area contributed by atoms with Gasteiger partial charge in [-0.15, -0.1) is 0 Å². The van der Waals surface area contributed by atoms with Crippen molar-refractivity contribution in [3.63, 3.8) is 0 Å². The molecule has 1 unspecified atom stereocenters. The topological polar surface area (TPSA) is 45.2 Å². The smallest absolute Gasteiger partial charge is 0.217 e. The molecule has 1 aliphatic heterocycles. The third kappa shape index (κ3) is 3.67. The predicted octanol–water partition coefficient (Wildman–Crippen LogP) is 3.19. The first-order valence-corrected chi connectivity index (χ1v) is 8.70. The van der Waals surface area contributed by atoms with Crippen LogP contribution in [0.4, 0.5) is 0 Å². The van der Waals surface area contributed by atoms with Gasteiger partial charge in [-0.05, 0) is 44.4 Å². The number of pyridine rings is 1. The lowest BCUT2D eigenvalue weighted by Crippen LogP contribution is -2.36. The summed E-state index contributed by atoms with van der Waals surface area (Å²) in [6.45, 7) is 3.29. The van der Waals surface area contributed by atoms with Crippen LogP contribution in [-0.4, -0.2) is 28.4 Å². The van der Waals surface area contributed by atoms with Crippen LogP contribution in [0.25, 0.3) is 0 Å². The molecule has 1 amide bonds. The average molecular weight is 301 g/mol. The Labute approximate surface area is 133 Å². The zero-order chi connectivity index (χ0) is 15.4. The Morgan fingerprint density at radius 3 is 2.82 bits per heavy atom. The third-order valence-electron chi connectivity index (χ3n) is 5.03. The predicted molar refractivity (Wildman–Crippen MR) is 87.3 cm³/mol. The third-order valence-corrected chi connectivity index (χ3v) is 5.03. The highest BCUT2D eigenvalue weighted by atomic mass is 16.1. The van der Waals surface area contributed by atoms with E-state index in [0.29, 0.717) is 12.6 Å². The number of carbonyl (C=O) groups excluding carboxylic acids is 1. The lowest BCUT2D eigenvalue weighted by Gasteiger charge is -2.35. The number of likely N-dealkylation sites (tertiary alicyclic amines) is 1. The van der Waals surface area contributed by atoms with Gasteiger partial charge in [0.2, 0.25) is 5.91 Å². The van der Waals surface area contributed by atoms with E-state index in [4.69, 9.17) is 4.98 Å². The van der Waals surface area contributed by atoms with Crippen LogP contribution in [0, 0.1) is 0 Å². The summed E-state index contributed by atoms with van der Waals surface area (Å²) in [7, 11) is 0. The van der Waals surface area contributed by atoms with Crippen LogP contribution in [0.5, 0.6) is 0 Å². The molecule has 1 atom stereocenters. The van der Waals surface area contributed by atoms with Gasteiger partial charge < -0.3 is 5.32 Å². The zero-order valence-corrected chi connectivity index (χ0v) is 13.6. The summed E-state index contributed by atoms with van der Waals surface area (Å²) in [5.74, 6) is -0.00287. The quantitative estimate of drug-likeness (QED) is 0.929. The SMILES string of the molecule is CC(=O)NCc1cccc(C2CCCN2C2CCCCC2)n1. The molecule has 1 saturated carbocycles. The van der Waals surface area contributed by atoms with E-state index < -0.39 is 0 Å². The molecule has 0 aromatic carbocycles. The minimum atomic E-state index is -0.00287. The van der Waals surface area contributed by atoms with Crippen LogP contribution in [0.1, 0.15) is 69.3 Å². The molecule has 1 aromatic rings. The Balaban J connectivity index is 1.71. The maximum absolute atomic E-state index is 11.1. The van der Waals surface area contributed by atoms with Crippen LogP contribution in [0.15, 0.2) is 18.2 Å². The molecule has 0 radical (unpaired) electrons. The molecule has 1 saturated heterocycles. The standard InChI is InChI=1S/C18H27N3O/c1-14(22)19-13-15-7-5-10-17(20-15)18-11-6-12-21(18)16-8-3-2-4-9-16/h5,7,10,16,18H,2-4,6,8-9,11-13H2,1H3,(H,19,22). The van der Waals surface area contributed by atoms with E-state index in [2.05, 4.69) is 22.3 Å². The fraction of sp³-hybridized carbons (Fsp3) is 0.667. The van der Waals surface area contributed by atoms with Gasteiger partial charge in [-0.1, -0.05) is 25.3 Å². The largest absolute Gasteiger partial charge is 0.351 e. The van der Waals surface area contributed by atoms with Crippen molar-refractivity contribution in [2.24, 2.45) is 0 Å². The van der Waals surface area contributed by atoms with Gasteiger partial charge in [0.15, 0.2) is 0 Å². The van der Waals surface area contributed by atoms with Gasteiger partial charge in [-0.2, -0.15) is 0 Å². The number of aromatic nitrogens is 1. The molecule has 4 nitrogen and oxygen atoms in total. The van der Waals surface area contributed by atoms with Crippen LogP contribution in [0.2, 0.25) is 0 Å². The van der Waals surface area contributed by atoms with E-state index in [1.165, 1.54) is 57.2 Å². The van der Waals surface area contributed by atoms with Crippen LogP contribution < -0.4 is 5.32 Å². The van der Waals surface area contributed by atoms with E-state index >= 15 is 0 Å². The number of rotatable bonds is 4. The Morgan fingerprint density at radius 2 is 2.05 bits per heavy atom. The number of hydrogen-bond donors (Lipinski definition) is 1. The summed E-state index contributed by atoms with van der Waals surface area (Å²) in [6, 6.07) is 7.46. The first kappa shape index (κ1) is 15.5. The first-order valence-electron chi connectivity index (χ1n) is 8.70. The zero-order valence-electron chi connectivity index (χ0n) is 13.6. The lowest BCUT2D eigenvalue weighted by atomic mass is 9.93. The summed E-state index contributed by atoms with van der Waals surface area (Å²) in [5, 5.41) is 2.84. The summed E-state index contributed by atoms with van der Waals surface area (Å²) in [5.41, 5.74) is 2.15. The molecule has 2 fully saturated rings. The highest BCUT2D eigenvalue weighted by Gasteiger charge is 2.33. The van der Waals surface area contributed by atoms with Crippen molar-refractivity contribution in [3.05, 3.63) is 29.6 Å². The van der Waals surface area contributed by atoms with E-state index in [1.54, 1.807) is 6.92 Å². The van der Waals surface area contributed by atoms with Crippen molar-refractivity contribution in [2.75, 3.05) is 6.54 Å². The molecule has 2 heterocycles. The second kappa shape index (κ2) is 7.23. The molecular formula is C18H27N3O. The average Bonchev–Trinajstić information content (AvgIpc) is 3.04. The molecule has 1 aromatic heterocycles. The number of nitrogens with one attached hydrogen (secondary N) is 1. The number of amides is 1. The van der Waals surface area contributed by atoms with Gasteiger partial charge in [0.1, 0.15) is 0 Å². The Bertz CT molecular complexity index is 511. The number of hydrogen-bond acceptors (Lipinski definition) is 3. The monoisotopic (exact) mass is 301 g/mol. The first-order chi connectivity index (χ1) is 10.7. The molecule has 22 heavy (non-hydrogen) atoms. The van der Waals surface area contributed by atoms with E-state index in [-0.39, 0.29) is 5.91 Å². The van der Waals surface area contributed by atoms with E-state index in [0.717, 1.165) is 11.7 Å². The van der Waals surface area contributed by atoms with Crippen LogP contribution in [0.3, 0.4) is 0 Å². The van der Waals surface area contributed by atoms with E-state index in [1.807, 2.05) is 6.07 Å². The van der Waals surface area contributed by atoms with Crippen LogP contribution >= 0.6 is 0 Å². The molecule has 120 valence electrons.